The van der Waals surface area contributed by atoms with Gasteiger partial charge in [0, 0.05) is 73.0 Å². The van der Waals surface area contributed by atoms with Crippen LogP contribution in [-0.4, -0.2) is 81.3 Å². The third-order valence-electron chi connectivity index (χ3n) is 7.70. The summed E-state index contributed by atoms with van der Waals surface area (Å²) >= 11 is 1.82. The molecule has 0 bridgehead atoms. The van der Waals surface area contributed by atoms with Gasteiger partial charge in [-0.05, 0) is 42.8 Å². The molecule has 10 heteroatoms. The number of morpholine rings is 1. The summed E-state index contributed by atoms with van der Waals surface area (Å²) in [5, 5.41) is 4.74. The number of benzene rings is 2. The van der Waals surface area contributed by atoms with Gasteiger partial charge in [-0.15, -0.1) is 11.3 Å². The Kier molecular flexibility index (Phi) is 7.78. The molecule has 0 atom stereocenters. The van der Waals surface area contributed by atoms with Gasteiger partial charge in [0.2, 0.25) is 10.0 Å². The summed E-state index contributed by atoms with van der Waals surface area (Å²) in [6.45, 7) is 8.63. The SMILES string of the molecule is Cc1c(CN2CCN(S(C)(=O)=O)CC2)sc2c(N3CCOCC3)nc(-c3cccc(Nc4ccccc4)c3)cc12. The van der Waals surface area contributed by atoms with Crippen molar-refractivity contribution < 1.29 is 13.2 Å². The van der Waals surface area contributed by atoms with Crippen molar-refractivity contribution in [2.45, 2.75) is 13.5 Å². The third kappa shape index (κ3) is 5.87. The van der Waals surface area contributed by atoms with E-state index in [-0.39, 0.29) is 0 Å². The Bertz CT molecular complexity index is 1590. The summed E-state index contributed by atoms with van der Waals surface area (Å²) in [5.41, 5.74) is 5.38. The van der Waals surface area contributed by atoms with Crippen molar-refractivity contribution in [3.8, 4) is 11.3 Å². The van der Waals surface area contributed by atoms with Crippen LogP contribution in [0.15, 0.2) is 60.7 Å². The van der Waals surface area contributed by atoms with E-state index >= 15 is 0 Å². The Hall–Kier alpha value is -3.02. The second-order valence-electron chi connectivity index (χ2n) is 10.5. The molecule has 2 aliphatic rings. The lowest BCUT2D eigenvalue weighted by Gasteiger charge is -2.33. The summed E-state index contributed by atoms with van der Waals surface area (Å²) < 4.78 is 32.4. The number of rotatable bonds is 7. The molecule has 2 aromatic carbocycles. The summed E-state index contributed by atoms with van der Waals surface area (Å²) in [7, 11) is -3.14. The first-order valence-electron chi connectivity index (χ1n) is 13.7. The highest BCUT2D eigenvalue weighted by atomic mass is 32.2. The van der Waals surface area contributed by atoms with Gasteiger partial charge in [0.05, 0.1) is 29.9 Å². The highest BCUT2D eigenvalue weighted by Crippen LogP contribution is 2.40. The van der Waals surface area contributed by atoms with Crippen LogP contribution in [0.25, 0.3) is 21.3 Å². The van der Waals surface area contributed by atoms with Gasteiger partial charge in [-0.25, -0.2) is 13.4 Å². The molecule has 2 aliphatic heterocycles. The first-order valence-corrected chi connectivity index (χ1v) is 16.4. The van der Waals surface area contributed by atoms with Gasteiger partial charge in [0.1, 0.15) is 5.82 Å². The number of nitrogens with one attached hydrogen (secondary N) is 1. The Morgan fingerprint density at radius 3 is 2.38 bits per heavy atom. The highest BCUT2D eigenvalue weighted by molar-refractivity contribution is 7.88. The standard InChI is InChI=1S/C30H35N5O3S2/c1-22-26-20-27(23-7-6-10-25(19-23)31-24-8-4-3-5-9-24)32-30(34-15-17-38-18-16-34)29(26)39-28(22)21-33-11-13-35(14-12-33)40(2,36)37/h3-10,19-20,31H,11-18,21H2,1-2H3. The van der Waals surface area contributed by atoms with Crippen LogP contribution in [0.4, 0.5) is 17.2 Å². The second kappa shape index (κ2) is 11.5. The number of fused-ring (bicyclic) bond motifs is 1. The maximum absolute atomic E-state index is 12.0. The minimum Gasteiger partial charge on any atom is -0.378 e. The molecule has 0 aliphatic carbocycles. The maximum Gasteiger partial charge on any atom is 0.211 e. The number of aromatic nitrogens is 1. The molecule has 0 unspecified atom stereocenters. The lowest BCUT2D eigenvalue weighted by Crippen LogP contribution is -2.47. The first-order chi connectivity index (χ1) is 19.3. The molecule has 8 nitrogen and oxygen atoms in total. The van der Waals surface area contributed by atoms with Crippen LogP contribution in [0, 0.1) is 6.92 Å². The molecule has 4 aromatic rings. The number of pyridine rings is 1. The molecule has 1 N–H and O–H groups in total. The van der Waals surface area contributed by atoms with Crippen LogP contribution in [0.2, 0.25) is 0 Å². The predicted octanol–water partition coefficient (Wildman–Crippen LogP) is 4.93. The molecule has 6 rings (SSSR count). The zero-order valence-electron chi connectivity index (χ0n) is 23.0. The maximum atomic E-state index is 12.0. The molecular weight excluding hydrogens is 542 g/mol. The fourth-order valence-corrected chi connectivity index (χ4v) is 7.58. The Morgan fingerprint density at radius 2 is 1.65 bits per heavy atom. The van der Waals surface area contributed by atoms with Crippen LogP contribution in [0.5, 0.6) is 0 Å². The van der Waals surface area contributed by atoms with E-state index in [1.807, 2.05) is 29.5 Å². The zero-order chi connectivity index (χ0) is 27.7. The summed E-state index contributed by atoms with van der Waals surface area (Å²) in [5.74, 6) is 1.03. The summed E-state index contributed by atoms with van der Waals surface area (Å²) in [6.07, 6.45) is 1.30. The van der Waals surface area contributed by atoms with Gasteiger partial charge in [-0.1, -0.05) is 30.3 Å². The topological polar surface area (TPSA) is 78.0 Å². The molecule has 0 radical (unpaired) electrons. The van der Waals surface area contributed by atoms with Crippen molar-refractivity contribution in [3.05, 3.63) is 71.1 Å². The Balaban J connectivity index is 1.34. The molecule has 40 heavy (non-hydrogen) atoms. The minimum absolute atomic E-state index is 0.543. The smallest absolute Gasteiger partial charge is 0.211 e. The largest absolute Gasteiger partial charge is 0.378 e. The van der Waals surface area contributed by atoms with Gasteiger partial charge in [0.25, 0.3) is 0 Å². The molecule has 0 spiro atoms. The predicted molar refractivity (Wildman–Crippen MR) is 164 cm³/mol. The number of piperazine rings is 1. The average molecular weight is 578 g/mol. The van der Waals surface area contributed by atoms with Gasteiger partial charge in [0.15, 0.2) is 0 Å². The minimum atomic E-state index is -3.14. The fraction of sp³-hybridized carbons (Fsp3) is 0.367. The summed E-state index contributed by atoms with van der Waals surface area (Å²) in [6, 6.07) is 20.9. The monoisotopic (exact) mass is 577 g/mol. The normalized spacial score (nSPS) is 17.4. The second-order valence-corrected chi connectivity index (χ2v) is 13.6. The molecule has 210 valence electrons. The quantitative estimate of drug-likeness (QED) is 0.334. The third-order valence-corrected chi connectivity index (χ3v) is 10.3. The molecule has 2 fully saturated rings. The van der Waals surface area contributed by atoms with Crippen molar-refractivity contribution >= 4 is 48.6 Å². The highest BCUT2D eigenvalue weighted by Gasteiger charge is 2.26. The Labute approximate surface area is 240 Å². The molecular formula is C30H35N5O3S2. The molecule has 0 amide bonds. The van der Waals surface area contributed by atoms with E-state index in [1.54, 1.807) is 4.31 Å². The van der Waals surface area contributed by atoms with Crippen molar-refractivity contribution in [2.75, 3.05) is 69.0 Å². The van der Waals surface area contributed by atoms with E-state index in [4.69, 9.17) is 9.72 Å². The van der Waals surface area contributed by atoms with E-state index in [9.17, 15) is 8.42 Å². The molecule has 2 aromatic heterocycles. The number of nitrogens with zero attached hydrogens (tertiary/aromatic N) is 4. The number of hydrogen-bond donors (Lipinski definition) is 1. The number of sulfonamides is 1. The molecule has 0 saturated carbocycles. The van der Waals surface area contributed by atoms with Gasteiger partial charge >= 0.3 is 0 Å². The van der Waals surface area contributed by atoms with Crippen LogP contribution >= 0.6 is 11.3 Å². The van der Waals surface area contributed by atoms with E-state index in [1.165, 1.54) is 26.8 Å². The number of anilines is 3. The fourth-order valence-electron chi connectivity index (χ4n) is 5.40. The van der Waals surface area contributed by atoms with Crippen LogP contribution in [-0.2, 0) is 21.3 Å². The van der Waals surface area contributed by atoms with Crippen LogP contribution in [0.1, 0.15) is 10.4 Å². The first kappa shape index (κ1) is 27.2. The van der Waals surface area contributed by atoms with Crippen molar-refractivity contribution in [1.82, 2.24) is 14.2 Å². The lowest BCUT2D eigenvalue weighted by molar-refractivity contribution is 0.122. The van der Waals surface area contributed by atoms with Gasteiger partial charge in [-0.2, -0.15) is 4.31 Å². The summed E-state index contributed by atoms with van der Waals surface area (Å²) in [4.78, 5) is 11.3. The van der Waals surface area contributed by atoms with E-state index in [2.05, 4.69) is 64.5 Å². The average Bonchev–Trinajstić information content (AvgIpc) is 3.28. The van der Waals surface area contributed by atoms with E-state index in [0.717, 1.165) is 61.2 Å². The molecule has 4 heterocycles. The van der Waals surface area contributed by atoms with Crippen molar-refractivity contribution in [3.63, 3.8) is 0 Å². The lowest BCUT2D eigenvalue weighted by atomic mass is 10.1. The number of ether oxygens (including phenoxy) is 1. The number of para-hydroxylation sites is 1. The van der Waals surface area contributed by atoms with Gasteiger partial charge < -0.3 is 15.0 Å². The number of aryl methyl sites for hydroxylation is 1. The molecule has 2 saturated heterocycles. The van der Waals surface area contributed by atoms with Crippen LogP contribution < -0.4 is 10.2 Å². The van der Waals surface area contributed by atoms with E-state index in [0.29, 0.717) is 26.3 Å². The van der Waals surface area contributed by atoms with Crippen molar-refractivity contribution in [2.24, 2.45) is 0 Å². The number of hydrogen-bond acceptors (Lipinski definition) is 8. The number of thiophene rings is 1. The van der Waals surface area contributed by atoms with Crippen molar-refractivity contribution in [1.29, 1.82) is 0 Å². The zero-order valence-corrected chi connectivity index (χ0v) is 24.6. The Morgan fingerprint density at radius 1 is 0.925 bits per heavy atom. The van der Waals surface area contributed by atoms with E-state index < -0.39 is 10.0 Å². The van der Waals surface area contributed by atoms with Gasteiger partial charge in [-0.3, -0.25) is 4.90 Å². The van der Waals surface area contributed by atoms with Crippen LogP contribution in [0.3, 0.4) is 0 Å².